The van der Waals surface area contributed by atoms with Gasteiger partial charge in [0.1, 0.15) is 5.65 Å². The molecule has 0 aliphatic heterocycles. The third-order valence-corrected chi connectivity index (χ3v) is 2.32. The summed E-state index contributed by atoms with van der Waals surface area (Å²) in [7, 11) is 0. The van der Waals surface area contributed by atoms with Gasteiger partial charge in [-0.15, -0.1) is 0 Å². The standard InChI is InChI=1S/C11H10N2O3/c1-2-8-5-10(14)13-6-7(11(15)16)3-4-9(13)12-8/h3-6H,2H2,1H3,(H,15,16). The third-order valence-electron chi connectivity index (χ3n) is 2.32. The Kier molecular flexibility index (Phi) is 2.44. The van der Waals surface area contributed by atoms with Crippen LogP contribution in [0, 0.1) is 0 Å². The minimum atomic E-state index is -1.06. The van der Waals surface area contributed by atoms with Gasteiger partial charge in [0.25, 0.3) is 5.56 Å². The maximum absolute atomic E-state index is 11.7. The predicted molar refractivity (Wildman–Crippen MR) is 57.8 cm³/mol. The van der Waals surface area contributed by atoms with Crippen LogP contribution in [0.5, 0.6) is 0 Å². The molecule has 0 aromatic carbocycles. The van der Waals surface area contributed by atoms with E-state index in [1.54, 1.807) is 0 Å². The molecule has 2 aromatic heterocycles. The van der Waals surface area contributed by atoms with E-state index in [1.165, 1.54) is 28.8 Å². The summed E-state index contributed by atoms with van der Waals surface area (Å²) in [4.78, 5) is 26.6. The summed E-state index contributed by atoms with van der Waals surface area (Å²) in [5.41, 5.74) is 0.980. The zero-order valence-electron chi connectivity index (χ0n) is 8.67. The van der Waals surface area contributed by atoms with Crippen LogP contribution in [0.2, 0.25) is 0 Å². The van der Waals surface area contributed by atoms with E-state index in [1.807, 2.05) is 6.92 Å². The topological polar surface area (TPSA) is 71.7 Å². The van der Waals surface area contributed by atoms with Crippen molar-refractivity contribution in [1.29, 1.82) is 0 Å². The van der Waals surface area contributed by atoms with Crippen molar-refractivity contribution in [2.45, 2.75) is 13.3 Å². The van der Waals surface area contributed by atoms with Crippen LogP contribution in [0.1, 0.15) is 23.0 Å². The van der Waals surface area contributed by atoms with Gasteiger partial charge in [-0.3, -0.25) is 9.20 Å². The number of hydrogen-bond donors (Lipinski definition) is 1. The van der Waals surface area contributed by atoms with E-state index in [2.05, 4.69) is 4.98 Å². The van der Waals surface area contributed by atoms with Gasteiger partial charge in [-0.1, -0.05) is 6.92 Å². The Labute approximate surface area is 91.0 Å². The third kappa shape index (κ3) is 1.67. The fraction of sp³-hybridized carbons (Fsp3) is 0.182. The van der Waals surface area contributed by atoms with Crippen LogP contribution in [0.3, 0.4) is 0 Å². The molecule has 16 heavy (non-hydrogen) atoms. The van der Waals surface area contributed by atoms with E-state index in [9.17, 15) is 9.59 Å². The van der Waals surface area contributed by atoms with Crippen LogP contribution < -0.4 is 5.56 Å². The highest BCUT2D eigenvalue weighted by Gasteiger charge is 2.06. The van der Waals surface area contributed by atoms with Crippen molar-refractivity contribution >= 4 is 11.6 Å². The number of carboxylic acids is 1. The van der Waals surface area contributed by atoms with Crippen molar-refractivity contribution in [3.63, 3.8) is 0 Å². The Morgan fingerprint density at radius 2 is 2.25 bits per heavy atom. The first-order valence-electron chi connectivity index (χ1n) is 4.87. The summed E-state index contributed by atoms with van der Waals surface area (Å²) in [6.45, 7) is 1.91. The van der Waals surface area contributed by atoms with Gasteiger partial charge < -0.3 is 5.11 Å². The number of hydrogen-bond acceptors (Lipinski definition) is 3. The molecule has 0 fully saturated rings. The first-order valence-corrected chi connectivity index (χ1v) is 4.87. The van der Waals surface area contributed by atoms with Crippen molar-refractivity contribution < 1.29 is 9.90 Å². The quantitative estimate of drug-likeness (QED) is 0.814. The second-order valence-corrected chi connectivity index (χ2v) is 3.39. The largest absolute Gasteiger partial charge is 0.478 e. The lowest BCUT2D eigenvalue weighted by atomic mass is 10.2. The molecule has 0 aliphatic rings. The smallest absolute Gasteiger partial charge is 0.337 e. The highest BCUT2D eigenvalue weighted by Crippen LogP contribution is 2.03. The number of rotatable bonds is 2. The molecule has 2 rings (SSSR count). The second-order valence-electron chi connectivity index (χ2n) is 3.39. The number of carboxylic acid groups (broad SMARTS) is 1. The van der Waals surface area contributed by atoms with E-state index in [0.717, 1.165) is 0 Å². The normalized spacial score (nSPS) is 10.6. The van der Waals surface area contributed by atoms with Crippen molar-refractivity contribution in [3.8, 4) is 0 Å². The molecule has 5 nitrogen and oxygen atoms in total. The molecule has 0 amide bonds. The van der Waals surface area contributed by atoms with Crippen molar-refractivity contribution in [3.05, 3.63) is 46.0 Å². The van der Waals surface area contributed by atoms with Gasteiger partial charge >= 0.3 is 5.97 Å². The van der Waals surface area contributed by atoms with Gasteiger partial charge in [0, 0.05) is 18.0 Å². The number of fused-ring (bicyclic) bond motifs is 1. The van der Waals surface area contributed by atoms with E-state index in [4.69, 9.17) is 5.11 Å². The zero-order valence-corrected chi connectivity index (χ0v) is 8.67. The average Bonchev–Trinajstić information content (AvgIpc) is 2.28. The Bertz CT molecular complexity index is 616. The number of aromatic nitrogens is 2. The minimum Gasteiger partial charge on any atom is -0.478 e. The Balaban J connectivity index is 2.75. The molecule has 1 N–H and O–H groups in total. The molecule has 0 saturated heterocycles. The Hall–Kier alpha value is -2.17. The molecule has 2 aromatic rings. The summed E-state index contributed by atoms with van der Waals surface area (Å²) in [6.07, 6.45) is 1.96. The van der Waals surface area contributed by atoms with E-state index >= 15 is 0 Å². The Morgan fingerprint density at radius 1 is 1.50 bits per heavy atom. The summed E-state index contributed by atoms with van der Waals surface area (Å²) in [5, 5.41) is 8.80. The fourth-order valence-corrected chi connectivity index (χ4v) is 1.46. The van der Waals surface area contributed by atoms with Crippen molar-refractivity contribution in [2.75, 3.05) is 0 Å². The summed E-state index contributed by atoms with van der Waals surface area (Å²) < 4.78 is 1.24. The summed E-state index contributed by atoms with van der Waals surface area (Å²) in [6, 6.07) is 4.38. The van der Waals surface area contributed by atoms with Gasteiger partial charge in [0.15, 0.2) is 0 Å². The van der Waals surface area contributed by atoms with Crippen LogP contribution in [0.15, 0.2) is 29.2 Å². The minimum absolute atomic E-state index is 0.0700. The van der Waals surface area contributed by atoms with Gasteiger partial charge in [-0.2, -0.15) is 0 Å². The van der Waals surface area contributed by atoms with Crippen LogP contribution in [0.4, 0.5) is 0 Å². The molecule has 0 atom stereocenters. The van der Waals surface area contributed by atoms with Gasteiger partial charge in [0.05, 0.1) is 5.56 Å². The van der Waals surface area contributed by atoms with Crippen LogP contribution in [-0.2, 0) is 6.42 Å². The molecule has 0 spiro atoms. The lowest BCUT2D eigenvalue weighted by Gasteiger charge is -2.03. The molecule has 0 aliphatic carbocycles. The number of nitrogens with zero attached hydrogens (tertiary/aromatic N) is 2. The lowest BCUT2D eigenvalue weighted by Crippen LogP contribution is -2.16. The fourth-order valence-electron chi connectivity index (χ4n) is 1.46. The molecular formula is C11H10N2O3. The van der Waals surface area contributed by atoms with E-state index < -0.39 is 5.97 Å². The van der Waals surface area contributed by atoms with Crippen molar-refractivity contribution in [1.82, 2.24) is 9.38 Å². The van der Waals surface area contributed by atoms with Crippen LogP contribution in [-0.4, -0.2) is 20.5 Å². The zero-order chi connectivity index (χ0) is 11.7. The molecular weight excluding hydrogens is 208 g/mol. The number of aryl methyl sites for hydroxylation is 1. The monoisotopic (exact) mass is 218 g/mol. The average molecular weight is 218 g/mol. The number of carbonyl (C=O) groups is 1. The molecule has 82 valence electrons. The van der Waals surface area contributed by atoms with Gasteiger partial charge in [0.2, 0.25) is 0 Å². The first-order chi connectivity index (χ1) is 7.61. The molecule has 0 bridgehead atoms. The number of pyridine rings is 1. The van der Waals surface area contributed by atoms with Crippen LogP contribution >= 0.6 is 0 Å². The molecule has 0 unspecified atom stereocenters. The van der Waals surface area contributed by atoms with E-state index in [-0.39, 0.29) is 11.1 Å². The highest BCUT2D eigenvalue weighted by atomic mass is 16.4. The number of aromatic carboxylic acids is 1. The summed E-state index contributed by atoms with van der Waals surface area (Å²) >= 11 is 0. The van der Waals surface area contributed by atoms with Gasteiger partial charge in [-0.05, 0) is 18.6 Å². The van der Waals surface area contributed by atoms with Crippen molar-refractivity contribution in [2.24, 2.45) is 0 Å². The van der Waals surface area contributed by atoms with Gasteiger partial charge in [-0.25, -0.2) is 9.78 Å². The van der Waals surface area contributed by atoms with Crippen LogP contribution in [0.25, 0.3) is 5.65 Å². The predicted octanol–water partition coefficient (Wildman–Crippen LogP) is 0.955. The maximum atomic E-state index is 11.7. The SMILES string of the molecule is CCc1cc(=O)n2cc(C(=O)O)ccc2n1. The molecule has 0 saturated carbocycles. The molecule has 5 heteroatoms. The first kappa shape index (κ1) is 10.4. The highest BCUT2D eigenvalue weighted by molar-refractivity contribution is 5.87. The Morgan fingerprint density at radius 3 is 2.88 bits per heavy atom. The second kappa shape index (κ2) is 3.77. The van der Waals surface area contributed by atoms with E-state index in [0.29, 0.717) is 17.8 Å². The lowest BCUT2D eigenvalue weighted by molar-refractivity contribution is 0.0696. The molecule has 0 radical (unpaired) electrons. The molecule has 2 heterocycles. The maximum Gasteiger partial charge on any atom is 0.337 e. The summed E-state index contributed by atoms with van der Waals surface area (Å²) in [5.74, 6) is -1.06.